The van der Waals surface area contributed by atoms with E-state index in [9.17, 15) is 24.3 Å². The van der Waals surface area contributed by atoms with Crippen molar-refractivity contribution in [2.75, 3.05) is 19.8 Å². The maximum Gasteiger partial charge on any atom is 0.328 e. The first kappa shape index (κ1) is 23.8. The number of likely N-dealkylation sites (tertiary alicyclic amines) is 1. The summed E-state index contributed by atoms with van der Waals surface area (Å²) in [5, 5.41) is 31.6. The summed E-state index contributed by atoms with van der Waals surface area (Å²) in [6.45, 7) is 2.50. The highest BCUT2D eigenvalue weighted by Crippen LogP contribution is 2.20. The zero-order valence-electron chi connectivity index (χ0n) is 16.1. The Labute approximate surface area is 163 Å². The van der Waals surface area contributed by atoms with Crippen molar-refractivity contribution in [3.63, 3.8) is 0 Å². The Morgan fingerprint density at radius 1 is 1.14 bits per heavy atom. The van der Waals surface area contributed by atoms with E-state index >= 15 is 0 Å². The van der Waals surface area contributed by atoms with Crippen LogP contribution in [0.25, 0.3) is 0 Å². The Kier molecular flexibility index (Phi) is 9.29. The van der Waals surface area contributed by atoms with Crippen LogP contribution in [-0.4, -0.2) is 87.8 Å². The number of nitrogens with two attached hydrogens (primary N) is 1. The molecule has 0 saturated carbocycles. The largest absolute Gasteiger partial charge is 0.480 e. The summed E-state index contributed by atoms with van der Waals surface area (Å²) in [5.41, 5.74) is 5.98. The lowest BCUT2D eigenvalue weighted by Crippen LogP contribution is -2.58. The SMILES string of the molecule is CCC(C)C(N)C(=O)N1CCCC1C(=O)NC(CO)C(=O)NC(CO)C(=O)O. The van der Waals surface area contributed by atoms with Crippen molar-refractivity contribution < 1.29 is 34.5 Å². The molecular weight excluding hydrogens is 372 g/mol. The van der Waals surface area contributed by atoms with Crippen LogP contribution in [0.3, 0.4) is 0 Å². The van der Waals surface area contributed by atoms with E-state index in [0.29, 0.717) is 25.8 Å². The van der Waals surface area contributed by atoms with Gasteiger partial charge in [-0.1, -0.05) is 20.3 Å². The fraction of sp³-hybridized carbons (Fsp3) is 0.765. The smallest absolute Gasteiger partial charge is 0.328 e. The van der Waals surface area contributed by atoms with E-state index in [-0.39, 0.29) is 11.8 Å². The normalized spacial score (nSPS) is 20.8. The molecular formula is C17H30N4O7. The molecule has 0 radical (unpaired) electrons. The summed E-state index contributed by atoms with van der Waals surface area (Å²) in [6, 6.07) is -4.54. The molecule has 5 unspecified atom stereocenters. The minimum Gasteiger partial charge on any atom is -0.480 e. The van der Waals surface area contributed by atoms with Crippen LogP contribution >= 0.6 is 0 Å². The zero-order valence-corrected chi connectivity index (χ0v) is 16.1. The highest BCUT2D eigenvalue weighted by atomic mass is 16.4. The van der Waals surface area contributed by atoms with E-state index in [2.05, 4.69) is 5.32 Å². The third kappa shape index (κ3) is 5.88. The predicted molar refractivity (Wildman–Crippen MR) is 97.8 cm³/mol. The lowest BCUT2D eigenvalue weighted by molar-refractivity contribution is -0.144. The topological polar surface area (TPSA) is 182 Å². The van der Waals surface area contributed by atoms with Crippen LogP contribution in [0.4, 0.5) is 0 Å². The molecule has 11 nitrogen and oxygen atoms in total. The molecule has 0 spiro atoms. The monoisotopic (exact) mass is 402 g/mol. The number of carboxylic acid groups (broad SMARTS) is 1. The number of rotatable bonds is 10. The van der Waals surface area contributed by atoms with Gasteiger partial charge in [-0.25, -0.2) is 4.79 Å². The molecule has 5 atom stereocenters. The first-order valence-electron chi connectivity index (χ1n) is 9.29. The quantitative estimate of drug-likeness (QED) is 0.230. The molecule has 1 fully saturated rings. The van der Waals surface area contributed by atoms with Crippen LogP contribution in [-0.2, 0) is 19.2 Å². The van der Waals surface area contributed by atoms with E-state index in [1.165, 1.54) is 4.90 Å². The number of carboxylic acids is 1. The van der Waals surface area contributed by atoms with Crippen LogP contribution in [0.5, 0.6) is 0 Å². The van der Waals surface area contributed by atoms with Gasteiger partial charge in [-0.3, -0.25) is 14.4 Å². The Balaban J connectivity index is 2.78. The molecule has 0 aromatic rings. The van der Waals surface area contributed by atoms with Crippen molar-refractivity contribution >= 4 is 23.7 Å². The van der Waals surface area contributed by atoms with Gasteiger partial charge in [0, 0.05) is 6.54 Å². The van der Waals surface area contributed by atoms with Crippen molar-refractivity contribution in [2.24, 2.45) is 11.7 Å². The fourth-order valence-corrected chi connectivity index (χ4v) is 2.91. The average molecular weight is 402 g/mol. The first-order chi connectivity index (χ1) is 13.2. The number of amides is 3. The molecule has 3 amide bonds. The molecule has 1 aliphatic rings. The number of hydrogen-bond acceptors (Lipinski definition) is 7. The van der Waals surface area contributed by atoms with Crippen LogP contribution < -0.4 is 16.4 Å². The second-order valence-electron chi connectivity index (χ2n) is 6.93. The lowest BCUT2D eigenvalue weighted by atomic mass is 9.98. The van der Waals surface area contributed by atoms with Gasteiger partial charge >= 0.3 is 5.97 Å². The minimum atomic E-state index is -1.56. The van der Waals surface area contributed by atoms with Crippen LogP contribution in [0.2, 0.25) is 0 Å². The number of hydrogen-bond donors (Lipinski definition) is 6. The number of nitrogens with one attached hydrogen (secondary N) is 2. The van der Waals surface area contributed by atoms with Gasteiger partial charge in [0.15, 0.2) is 0 Å². The van der Waals surface area contributed by atoms with Crippen molar-refractivity contribution in [3.8, 4) is 0 Å². The van der Waals surface area contributed by atoms with Crippen molar-refractivity contribution in [1.82, 2.24) is 15.5 Å². The van der Waals surface area contributed by atoms with Gasteiger partial charge in [-0.05, 0) is 18.8 Å². The number of aliphatic carboxylic acids is 1. The van der Waals surface area contributed by atoms with Gasteiger partial charge in [-0.15, -0.1) is 0 Å². The molecule has 1 heterocycles. The van der Waals surface area contributed by atoms with Gasteiger partial charge in [-0.2, -0.15) is 0 Å². The molecule has 28 heavy (non-hydrogen) atoms. The summed E-state index contributed by atoms with van der Waals surface area (Å²) < 4.78 is 0. The molecule has 0 aliphatic carbocycles. The number of aliphatic hydroxyl groups excluding tert-OH is 2. The Hall–Kier alpha value is -2.24. The van der Waals surface area contributed by atoms with Crippen molar-refractivity contribution in [2.45, 2.75) is 57.3 Å². The molecule has 1 saturated heterocycles. The number of nitrogens with zero attached hydrogens (tertiary/aromatic N) is 1. The number of carbonyl (C=O) groups excluding carboxylic acids is 3. The van der Waals surface area contributed by atoms with Gasteiger partial charge in [0.25, 0.3) is 0 Å². The predicted octanol–water partition coefficient (Wildman–Crippen LogP) is -2.61. The van der Waals surface area contributed by atoms with E-state index in [1.54, 1.807) is 0 Å². The van der Waals surface area contributed by atoms with Crippen LogP contribution in [0.1, 0.15) is 33.1 Å². The Morgan fingerprint density at radius 2 is 1.75 bits per heavy atom. The molecule has 0 aromatic carbocycles. The molecule has 1 rings (SSSR count). The van der Waals surface area contributed by atoms with E-state index in [4.69, 9.17) is 15.9 Å². The molecule has 11 heteroatoms. The standard InChI is InChI=1S/C17H30N4O7/c1-3-9(2)13(18)16(26)21-6-4-5-12(21)15(25)19-10(7-22)14(24)20-11(8-23)17(27)28/h9-13,22-23H,3-8,18H2,1-2H3,(H,19,25)(H,20,24)(H,27,28). The minimum absolute atomic E-state index is 0.0563. The average Bonchev–Trinajstić information content (AvgIpc) is 3.17. The maximum atomic E-state index is 12.6. The van der Waals surface area contributed by atoms with Crippen molar-refractivity contribution in [1.29, 1.82) is 0 Å². The van der Waals surface area contributed by atoms with Gasteiger partial charge in [0.2, 0.25) is 17.7 Å². The molecule has 0 bridgehead atoms. The van der Waals surface area contributed by atoms with E-state index in [1.807, 2.05) is 19.2 Å². The second-order valence-corrected chi connectivity index (χ2v) is 6.93. The Bertz CT molecular complexity index is 586. The highest BCUT2D eigenvalue weighted by molar-refractivity contribution is 5.94. The zero-order chi connectivity index (χ0) is 21.4. The highest BCUT2D eigenvalue weighted by Gasteiger charge is 2.38. The molecule has 1 aliphatic heterocycles. The summed E-state index contributed by atoms with van der Waals surface area (Å²) in [4.78, 5) is 49.6. The summed E-state index contributed by atoms with van der Waals surface area (Å²) in [5.74, 6) is -3.44. The first-order valence-corrected chi connectivity index (χ1v) is 9.29. The number of aliphatic hydroxyl groups is 2. The molecule has 0 aromatic heterocycles. The maximum absolute atomic E-state index is 12.6. The number of carbonyl (C=O) groups is 4. The van der Waals surface area contributed by atoms with Gasteiger partial charge < -0.3 is 36.6 Å². The van der Waals surface area contributed by atoms with E-state index in [0.717, 1.165) is 0 Å². The van der Waals surface area contributed by atoms with Crippen LogP contribution in [0, 0.1) is 5.92 Å². The lowest BCUT2D eigenvalue weighted by Gasteiger charge is -2.29. The fourth-order valence-electron chi connectivity index (χ4n) is 2.91. The summed E-state index contributed by atoms with van der Waals surface area (Å²) in [6.07, 6.45) is 1.69. The molecule has 160 valence electrons. The summed E-state index contributed by atoms with van der Waals surface area (Å²) in [7, 11) is 0. The van der Waals surface area contributed by atoms with Gasteiger partial charge in [0.1, 0.15) is 18.1 Å². The van der Waals surface area contributed by atoms with Crippen LogP contribution in [0.15, 0.2) is 0 Å². The van der Waals surface area contributed by atoms with Crippen molar-refractivity contribution in [3.05, 3.63) is 0 Å². The Morgan fingerprint density at radius 3 is 2.25 bits per heavy atom. The third-order valence-electron chi connectivity index (χ3n) is 4.99. The van der Waals surface area contributed by atoms with Gasteiger partial charge in [0.05, 0.1) is 19.3 Å². The van der Waals surface area contributed by atoms with E-state index < -0.39 is 55.2 Å². The third-order valence-corrected chi connectivity index (χ3v) is 4.99. The summed E-state index contributed by atoms with van der Waals surface area (Å²) >= 11 is 0. The second kappa shape index (κ2) is 10.9. The molecule has 7 N–H and O–H groups in total.